The lowest BCUT2D eigenvalue weighted by Crippen LogP contribution is -2.16. The van der Waals surface area contributed by atoms with Crippen molar-refractivity contribution in [2.45, 2.75) is 12.3 Å². The van der Waals surface area contributed by atoms with E-state index in [0.29, 0.717) is 17.6 Å². The first kappa shape index (κ1) is 15.0. The summed E-state index contributed by atoms with van der Waals surface area (Å²) in [5.41, 5.74) is 1.61. The summed E-state index contributed by atoms with van der Waals surface area (Å²) >= 11 is 0. The lowest BCUT2D eigenvalue weighted by atomic mass is 9.95. The highest BCUT2D eigenvalue weighted by atomic mass is 16.5. The molecule has 0 aliphatic heterocycles. The van der Waals surface area contributed by atoms with Gasteiger partial charge in [-0.2, -0.15) is 0 Å². The molecule has 0 saturated heterocycles. The predicted molar refractivity (Wildman–Crippen MR) is 72.8 cm³/mol. The third-order valence-corrected chi connectivity index (χ3v) is 2.93. The second-order valence-electron chi connectivity index (χ2n) is 4.30. The van der Waals surface area contributed by atoms with Gasteiger partial charge in [-0.3, -0.25) is 4.79 Å². The van der Waals surface area contributed by atoms with E-state index in [1.165, 1.54) is 14.2 Å². The molecule has 1 atom stereocenters. The van der Waals surface area contributed by atoms with Crippen molar-refractivity contribution in [3.05, 3.63) is 23.8 Å². The zero-order valence-electron chi connectivity index (χ0n) is 11.7. The third-order valence-electron chi connectivity index (χ3n) is 2.93. The van der Waals surface area contributed by atoms with Crippen LogP contribution in [0.1, 0.15) is 17.9 Å². The van der Waals surface area contributed by atoms with E-state index in [0.717, 1.165) is 5.69 Å². The average molecular weight is 265 g/mol. The molecule has 0 amide bonds. The zero-order valence-corrected chi connectivity index (χ0v) is 11.7. The molecule has 0 aromatic heterocycles. The van der Waals surface area contributed by atoms with Crippen LogP contribution in [0, 0.1) is 0 Å². The maximum atomic E-state index is 11.7. The normalized spacial score (nSPS) is 11.6. The maximum Gasteiger partial charge on any atom is 0.313 e. The van der Waals surface area contributed by atoms with E-state index in [4.69, 9.17) is 9.47 Å². The zero-order chi connectivity index (χ0) is 14.4. The van der Waals surface area contributed by atoms with Crippen LogP contribution in [0.2, 0.25) is 0 Å². The van der Waals surface area contributed by atoms with Gasteiger partial charge < -0.3 is 19.2 Å². The van der Waals surface area contributed by atoms with Crippen molar-refractivity contribution in [2.75, 3.05) is 33.2 Å². The van der Waals surface area contributed by atoms with Gasteiger partial charge in [-0.25, -0.2) is 0 Å². The largest absolute Gasteiger partial charge is 0.496 e. The fourth-order valence-corrected chi connectivity index (χ4v) is 1.85. The van der Waals surface area contributed by atoms with Crippen LogP contribution < -0.4 is 9.64 Å². The number of benzene rings is 1. The highest BCUT2D eigenvalue weighted by Crippen LogP contribution is 2.32. The Morgan fingerprint density at radius 2 is 2.05 bits per heavy atom. The van der Waals surface area contributed by atoms with E-state index >= 15 is 0 Å². The smallest absolute Gasteiger partial charge is 0.313 e. The molecule has 1 aromatic carbocycles. The van der Waals surface area contributed by atoms with Crippen molar-refractivity contribution in [1.82, 2.24) is 0 Å². The van der Waals surface area contributed by atoms with Gasteiger partial charge in [0.25, 0.3) is 0 Å². The first-order chi connectivity index (χ1) is 9.04. The fraction of sp³-hybridized carbons (Fsp3) is 0.429. The van der Waals surface area contributed by atoms with E-state index in [-0.39, 0.29) is 6.42 Å². The van der Waals surface area contributed by atoms with Crippen LogP contribution in [-0.2, 0) is 14.3 Å². The summed E-state index contributed by atoms with van der Waals surface area (Å²) in [7, 11) is 6.67. The van der Waals surface area contributed by atoms with Crippen LogP contribution in [0.15, 0.2) is 18.2 Å². The van der Waals surface area contributed by atoms with Crippen LogP contribution in [0.4, 0.5) is 5.69 Å². The average Bonchev–Trinajstić information content (AvgIpc) is 2.43. The number of carbonyl (C=O) groups excluding carboxylic acids is 2. The summed E-state index contributed by atoms with van der Waals surface area (Å²) in [5, 5.41) is 0. The molecule has 0 fully saturated rings. The Morgan fingerprint density at radius 1 is 1.37 bits per heavy atom. The Kier molecular flexibility index (Phi) is 5.36. The minimum Gasteiger partial charge on any atom is -0.496 e. The molecule has 5 heteroatoms. The number of anilines is 1. The van der Waals surface area contributed by atoms with E-state index in [1.807, 2.05) is 31.1 Å². The van der Waals surface area contributed by atoms with Gasteiger partial charge in [0.15, 0.2) is 0 Å². The van der Waals surface area contributed by atoms with E-state index in [2.05, 4.69) is 0 Å². The van der Waals surface area contributed by atoms with Crippen molar-refractivity contribution in [1.29, 1.82) is 0 Å². The number of aldehydes is 1. The van der Waals surface area contributed by atoms with Gasteiger partial charge in [0, 0.05) is 37.8 Å². The lowest BCUT2D eigenvalue weighted by Gasteiger charge is -2.19. The third kappa shape index (κ3) is 3.47. The van der Waals surface area contributed by atoms with Crippen molar-refractivity contribution < 1.29 is 19.1 Å². The molecule has 104 valence electrons. The highest BCUT2D eigenvalue weighted by molar-refractivity contribution is 5.82. The highest BCUT2D eigenvalue weighted by Gasteiger charge is 2.24. The standard InChI is InChI=1S/C14H19NO4/c1-15(2)10-5-6-11(13(9-10)18-3)12(7-8-16)14(17)19-4/h5-6,8-9,12H,7H2,1-4H3/t12-/m1/s1. The summed E-state index contributed by atoms with van der Waals surface area (Å²) in [6.07, 6.45) is 0.783. The fourth-order valence-electron chi connectivity index (χ4n) is 1.85. The molecule has 5 nitrogen and oxygen atoms in total. The van der Waals surface area contributed by atoms with Crippen LogP contribution in [0.3, 0.4) is 0 Å². The molecule has 0 saturated carbocycles. The first-order valence-electron chi connectivity index (χ1n) is 5.91. The summed E-state index contributed by atoms with van der Waals surface area (Å²) in [4.78, 5) is 24.4. The minimum atomic E-state index is -0.631. The van der Waals surface area contributed by atoms with Gasteiger partial charge in [-0.15, -0.1) is 0 Å². The van der Waals surface area contributed by atoms with Gasteiger partial charge in [-0.05, 0) is 6.07 Å². The number of carbonyl (C=O) groups is 2. The number of esters is 1. The minimum absolute atomic E-state index is 0.0738. The molecule has 1 rings (SSSR count). The Morgan fingerprint density at radius 3 is 2.53 bits per heavy atom. The number of hydrogen-bond acceptors (Lipinski definition) is 5. The number of ether oxygens (including phenoxy) is 2. The number of hydrogen-bond donors (Lipinski definition) is 0. The maximum absolute atomic E-state index is 11.7. The van der Waals surface area contributed by atoms with Crippen LogP contribution in [0.5, 0.6) is 5.75 Å². The summed E-state index contributed by atoms with van der Waals surface area (Å²) in [6, 6.07) is 5.49. The molecule has 1 aromatic rings. The van der Waals surface area contributed by atoms with Crippen molar-refractivity contribution in [3.8, 4) is 5.75 Å². The summed E-state index contributed by atoms with van der Waals surface area (Å²) < 4.78 is 10.0. The van der Waals surface area contributed by atoms with E-state index in [1.54, 1.807) is 6.07 Å². The molecule has 19 heavy (non-hydrogen) atoms. The van der Waals surface area contributed by atoms with Crippen molar-refractivity contribution in [2.24, 2.45) is 0 Å². The van der Waals surface area contributed by atoms with Gasteiger partial charge in [0.2, 0.25) is 0 Å². The quantitative estimate of drug-likeness (QED) is 0.577. The van der Waals surface area contributed by atoms with Gasteiger partial charge in [0.1, 0.15) is 12.0 Å². The van der Waals surface area contributed by atoms with Gasteiger partial charge in [0.05, 0.1) is 20.1 Å². The summed E-state index contributed by atoms with van der Waals surface area (Å²) in [6.45, 7) is 0. The molecule has 0 radical (unpaired) electrons. The number of methoxy groups -OCH3 is 2. The van der Waals surface area contributed by atoms with Crippen LogP contribution in [-0.4, -0.2) is 40.6 Å². The molecule has 0 bridgehead atoms. The van der Waals surface area contributed by atoms with Crippen LogP contribution >= 0.6 is 0 Å². The molecule has 0 aliphatic carbocycles. The number of nitrogens with zero attached hydrogens (tertiary/aromatic N) is 1. The molecule has 0 aliphatic rings. The molecular formula is C14H19NO4. The second-order valence-corrected chi connectivity index (χ2v) is 4.30. The Labute approximate surface area is 113 Å². The van der Waals surface area contributed by atoms with Crippen molar-refractivity contribution in [3.63, 3.8) is 0 Å². The van der Waals surface area contributed by atoms with Crippen molar-refractivity contribution >= 4 is 17.9 Å². The summed E-state index contributed by atoms with van der Waals surface area (Å²) in [5.74, 6) is -0.500. The molecule has 0 unspecified atom stereocenters. The topological polar surface area (TPSA) is 55.8 Å². The number of rotatable bonds is 6. The van der Waals surface area contributed by atoms with Crippen LogP contribution in [0.25, 0.3) is 0 Å². The van der Waals surface area contributed by atoms with Gasteiger partial charge in [-0.1, -0.05) is 6.07 Å². The first-order valence-corrected chi connectivity index (χ1v) is 5.91. The molecule has 0 N–H and O–H groups in total. The molecule has 0 spiro atoms. The Bertz CT molecular complexity index is 457. The lowest BCUT2D eigenvalue weighted by molar-refractivity contribution is -0.143. The predicted octanol–water partition coefficient (Wildman–Crippen LogP) is 1.61. The Balaban J connectivity index is 3.22. The second kappa shape index (κ2) is 6.78. The molecular weight excluding hydrogens is 246 g/mol. The SMILES string of the molecule is COC(=O)[C@H](CC=O)c1ccc(N(C)C)cc1OC. The monoisotopic (exact) mass is 265 g/mol. The Hall–Kier alpha value is -2.04. The van der Waals surface area contributed by atoms with Gasteiger partial charge >= 0.3 is 5.97 Å². The molecule has 0 heterocycles. The van der Waals surface area contributed by atoms with E-state index < -0.39 is 11.9 Å². The van der Waals surface area contributed by atoms with E-state index in [9.17, 15) is 9.59 Å².